The molecule has 3 heterocycles. The molecule has 0 amide bonds. The van der Waals surface area contributed by atoms with Gasteiger partial charge in [0.25, 0.3) is 0 Å². The van der Waals surface area contributed by atoms with Crippen molar-refractivity contribution in [1.29, 1.82) is 0 Å². The molecule has 0 saturated heterocycles. The van der Waals surface area contributed by atoms with E-state index in [1.165, 1.54) is 0 Å². The summed E-state index contributed by atoms with van der Waals surface area (Å²) in [6, 6.07) is 3.83. The van der Waals surface area contributed by atoms with Gasteiger partial charge in [-0.1, -0.05) is 12.7 Å². The number of nitrogen functional groups attached to an aromatic ring is 1. The molecule has 1 aromatic carbocycles. The lowest BCUT2D eigenvalue weighted by atomic mass is 10.0. The van der Waals surface area contributed by atoms with Gasteiger partial charge in [-0.2, -0.15) is 14.4 Å². The molecule has 3 aromatic rings. The summed E-state index contributed by atoms with van der Waals surface area (Å²) >= 11 is 0. The number of rotatable bonds is 7. The summed E-state index contributed by atoms with van der Waals surface area (Å²) in [6.45, 7) is 11.9. The largest absolute Gasteiger partial charge is 0.454 e. The number of benzene rings is 1. The van der Waals surface area contributed by atoms with Crippen LogP contribution in [0.15, 0.2) is 18.7 Å². The second-order valence-corrected chi connectivity index (χ2v) is 8.55. The summed E-state index contributed by atoms with van der Waals surface area (Å²) in [5, 5.41) is 3.46. The molecule has 1 aliphatic heterocycles. The highest BCUT2D eigenvalue weighted by atomic mass is 19.1. The van der Waals surface area contributed by atoms with Gasteiger partial charge in [0.2, 0.25) is 6.79 Å². The van der Waals surface area contributed by atoms with Crippen molar-refractivity contribution in [3.63, 3.8) is 0 Å². The molecule has 31 heavy (non-hydrogen) atoms. The summed E-state index contributed by atoms with van der Waals surface area (Å²) in [5.74, 6) is 2.13. The van der Waals surface area contributed by atoms with Gasteiger partial charge in [0.05, 0.1) is 0 Å². The Labute approximate surface area is 180 Å². The van der Waals surface area contributed by atoms with Crippen LogP contribution >= 0.6 is 0 Å². The number of nitrogens with zero attached hydrogens (tertiary/aromatic N) is 4. The molecular formula is C22H27FN6O2. The Morgan fingerprint density at radius 2 is 1.97 bits per heavy atom. The molecule has 2 aromatic heterocycles. The zero-order valence-corrected chi connectivity index (χ0v) is 18.0. The van der Waals surface area contributed by atoms with Gasteiger partial charge < -0.3 is 25.1 Å². The third-order valence-corrected chi connectivity index (χ3v) is 5.09. The van der Waals surface area contributed by atoms with E-state index in [9.17, 15) is 4.39 Å². The van der Waals surface area contributed by atoms with Crippen molar-refractivity contribution in [2.75, 3.05) is 19.1 Å². The Hall–Kier alpha value is -3.20. The highest BCUT2D eigenvalue weighted by Crippen LogP contribution is 2.36. The van der Waals surface area contributed by atoms with Crippen LogP contribution in [0.1, 0.15) is 44.1 Å². The van der Waals surface area contributed by atoms with Gasteiger partial charge in [0.15, 0.2) is 28.5 Å². The number of hydrogen-bond donors (Lipinski definition) is 2. The first-order chi connectivity index (χ1) is 14.7. The number of halogens is 1. The third kappa shape index (κ3) is 4.46. The molecule has 0 saturated carbocycles. The van der Waals surface area contributed by atoms with Crippen molar-refractivity contribution in [1.82, 2.24) is 24.8 Å². The van der Waals surface area contributed by atoms with Gasteiger partial charge in [0, 0.05) is 18.5 Å². The lowest BCUT2D eigenvalue weighted by Crippen LogP contribution is -2.36. The van der Waals surface area contributed by atoms with Crippen LogP contribution in [-0.4, -0.2) is 38.4 Å². The second-order valence-electron chi connectivity index (χ2n) is 8.55. The van der Waals surface area contributed by atoms with Crippen molar-refractivity contribution in [2.24, 2.45) is 0 Å². The van der Waals surface area contributed by atoms with Crippen LogP contribution in [0.3, 0.4) is 0 Å². The summed E-state index contributed by atoms with van der Waals surface area (Å²) < 4.78 is 26.8. The van der Waals surface area contributed by atoms with Crippen LogP contribution in [0.4, 0.5) is 10.2 Å². The van der Waals surface area contributed by atoms with Crippen molar-refractivity contribution < 1.29 is 13.9 Å². The van der Waals surface area contributed by atoms with Gasteiger partial charge in [-0.25, -0.2) is 4.98 Å². The normalized spacial score (nSPS) is 13.2. The molecule has 4 rings (SSSR count). The highest BCUT2D eigenvalue weighted by Gasteiger charge is 2.21. The minimum atomic E-state index is -0.861. The zero-order chi connectivity index (χ0) is 22.2. The van der Waals surface area contributed by atoms with Crippen molar-refractivity contribution in [3.05, 3.63) is 41.7 Å². The predicted molar refractivity (Wildman–Crippen MR) is 118 cm³/mol. The average molecular weight is 426 g/mol. The van der Waals surface area contributed by atoms with Gasteiger partial charge in [-0.05, 0) is 57.0 Å². The predicted octanol–water partition coefficient (Wildman–Crippen LogP) is 3.29. The van der Waals surface area contributed by atoms with E-state index in [1.807, 2.05) is 16.7 Å². The van der Waals surface area contributed by atoms with Gasteiger partial charge >= 0.3 is 6.08 Å². The summed E-state index contributed by atoms with van der Waals surface area (Å²) in [4.78, 5) is 12.3. The van der Waals surface area contributed by atoms with E-state index in [1.54, 1.807) is 6.08 Å². The molecule has 164 valence electrons. The molecular weight excluding hydrogens is 399 g/mol. The molecule has 0 radical (unpaired) electrons. The van der Waals surface area contributed by atoms with Crippen molar-refractivity contribution >= 4 is 23.1 Å². The fourth-order valence-electron chi connectivity index (χ4n) is 3.62. The number of aryl methyl sites for hydroxylation is 1. The molecule has 0 bridgehead atoms. The lowest BCUT2D eigenvalue weighted by Gasteiger charge is -2.20. The topological polar surface area (TPSA) is 100 Å². The highest BCUT2D eigenvalue weighted by molar-refractivity contribution is 5.82. The Bertz CT molecular complexity index is 1140. The maximum atomic E-state index is 13.9. The molecule has 0 fully saturated rings. The lowest BCUT2D eigenvalue weighted by molar-refractivity contribution is 0.174. The van der Waals surface area contributed by atoms with E-state index in [0.29, 0.717) is 35.6 Å². The number of anilines is 1. The molecule has 9 heteroatoms. The molecule has 0 aliphatic carbocycles. The maximum Gasteiger partial charge on any atom is 0.312 e. The summed E-state index contributed by atoms with van der Waals surface area (Å²) in [7, 11) is 0. The smallest absolute Gasteiger partial charge is 0.312 e. The number of nitrogens with two attached hydrogens (primary N) is 1. The zero-order valence-electron chi connectivity index (χ0n) is 18.0. The van der Waals surface area contributed by atoms with Gasteiger partial charge in [-0.15, -0.1) is 0 Å². The fraction of sp³-hybridized carbons (Fsp3) is 0.409. The number of nitrogens with one attached hydrogen (secondary N) is 1. The van der Waals surface area contributed by atoms with Crippen LogP contribution in [0.25, 0.3) is 17.2 Å². The Balaban J connectivity index is 1.70. The monoisotopic (exact) mass is 426 g/mol. The molecule has 0 atom stereocenters. The minimum Gasteiger partial charge on any atom is -0.454 e. The summed E-state index contributed by atoms with van der Waals surface area (Å²) in [5.41, 5.74) is 8.65. The first kappa shape index (κ1) is 21.0. The Kier molecular flexibility index (Phi) is 5.53. The number of fused-ring (bicyclic) bond motifs is 2. The SMILES string of the molecule is C=Cc1cc2c(cc1Cc1nc3c(N)nc(F)nc3n1CCCNC(C)(C)C)OCO2. The van der Waals surface area contributed by atoms with Crippen LogP contribution in [-0.2, 0) is 13.0 Å². The van der Waals surface area contributed by atoms with Crippen molar-refractivity contribution in [3.8, 4) is 11.5 Å². The van der Waals surface area contributed by atoms with E-state index in [4.69, 9.17) is 15.2 Å². The number of imidazole rings is 1. The first-order valence-corrected chi connectivity index (χ1v) is 10.2. The number of hydrogen-bond acceptors (Lipinski definition) is 7. The number of ether oxygens (including phenoxy) is 2. The van der Waals surface area contributed by atoms with Crippen LogP contribution in [0.5, 0.6) is 11.5 Å². The van der Waals surface area contributed by atoms with Gasteiger partial charge in [0.1, 0.15) is 5.82 Å². The quantitative estimate of drug-likeness (QED) is 0.442. The molecule has 0 spiro atoms. The van der Waals surface area contributed by atoms with E-state index in [0.717, 1.165) is 29.9 Å². The average Bonchev–Trinajstić information content (AvgIpc) is 3.28. The molecule has 1 aliphatic rings. The molecule has 8 nitrogen and oxygen atoms in total. The standard InChI is InChI=1S/C22H27FN6O2/c1-5-13-9-15-16(31-12-30-15)10-14(13)11-17-26-18-19(24)27-21(23)28-20(18)29(17)8-6-7-25-22(2,3)4/h5,9-10,25H,1,6-8,11-12H2,2-4H3,(H2,24,27,28). The number of aromatic nitrogens is 4. The Morgan fingerprint density at radius 3 is 2.68 bits per heavy atom. The maximum absolute atomic E-state index is 13.9. The molecule has 0 unspecified atom stereocenters. The van der Waals surface area contributed by atoms with E-state index in [2.05, 4.69) is 47.6 Å². The second kappa shape index (κ2) is 8.14. The van der Waals surface area contributed by atoms with E-state index >= 15 is 0 Å². The Morgan fingerprint density at radius 1 is 1.23 bits per heavy atom. The van der Waals surface area contributed by atoms with Crippen molar-refractivity contribution in [2.45, 2.75) is 45.7 Å². The van der Waals surface area contributed by atoms with Crippen LogP contribution in [0, 0.1) is 6.08 Å². The van der Waals surface area contributed by atoms with Crippen LogP contribution < -0.4 is 20.5 Å². The van der Waals surface area contributed by atoms with E-state index < -0.39 is 6.08 Å². The third-order valence-electron chi connectivity index (χ3n) is 5.09. The van der Waals surface area contributed by atoms with Crippen LogP contribution in [0.2, 0.25) is 0 Å². The minimum absolute atomic E-state index is 0.0177. The summed E-state index contributed by atoms with van der Waals surface area (Å²) in [6.07, 6.45) is 2.20. The molecule has 3 N–H and O–H groups in total. The first-order valence-electron chi connectivity index (χ1n) is 10.2. The van der Waals surface area contributed by atoms with E-state index in [-0.39, 0.29) is 18.1 Å². The fourth-order valence-corrected chi connectivity index (χ4v) is 3.62. The van der Waals surface area contributed by atoms with Gasteiger partial charge in [-0.3, -0.25) is 0 Å².